The van der Waals surface area contributed by atoms with Crippen molar-refractivity contribution in [3.8, 4) is 0 Å². The lowest BCUT2D eigenvalue weighted by molar-refractivity contribution is -0.0149. The number of aromatic nitrogens is 1. The van der Waals surface area contributed by atoms with E-state index in [0.29, 0.717) is 6.61 Å². The summed E-state index contributed by atoms with van der Waals surface area (Å²) >= 11 is 1.70. The molecule has 2 nitrogen and oxygen atoms in total. The minimum absolute atomic E-state index is 0.0994. The van der Waals surface area contributed by atoms with E-state index < -0.39 is 0 Å². The topological polar surface area (TPSA) is 22.1 Å². The number of hydrogen-bond acceptors (Lipinski definition) is 3. The first-order valence-corrected chi connectivity index (χ1v) is 5.85. The second kappa shape index (κ2) is 3.91. The minimum Gasteiger partial charge on any atom is -0.369 e. The Morgan fingerprint density at radius 2 is 2.00 bits per heavy atom. The van der Waals surface area contributed by atoms with Crippen LogP contribution in [0, 0.1) is 0 Å². The third-order valence-electron chi connectivity index (χ3n) is 1.97. The number of rotatable bonds is 2. The molecule has 0 atom stereocenters. The fourth-order valence-corrected chi connectivity index (χ4v) is 2.14. The first-order chi connectivity index (χ1) is 7.04. The van der Waals surface area contributed by atoms with Crippen LogP contribution in [0.5, 0.6) is 0 Å². The molecule has 0 saturated heterocycles. The Balaban J connectivity index is 2.16. The summed E-state index contributed by atoms with van der Waals surface area (Å²) in [4.78, 5) is 4.51. The van der Waals surface area contributed by atoms with Crippen LogP contribution in [0.3, 0.4) is 0 Å². The monoisotopic (exact) mass is 221 g/mol. The number of hydrogen-bond donors (Lipinski definition) is 0. The lowest BCUT2D eigenvalue weighted by atomic mass is 10.2. The van der Waals surface area contributed by atoms with Gasteiger partial charge in [-0.3, -0.25) is 0 Å². The van der Waals surface area contributed by atoms with Crippen LogP contribution in [0.1, 0.15) is 25.8 Å². The Hall–Kier alpha value is -0.930. The number of ether oxygens (including phenoxy) is 1. The van der Waals surface area contributed by atoms with Crippen LogP contribution in [0.2, 0.25) is 0 Å². The van der Waals surface area contributed by atoms with E-state index in [0.717, 1.165) is 10.5 Å². The molecule has 0 radical (unpaired) electrons. The molecule has 0 spiro atoms. The van der Waals surface area contributed by atoms with Crippen LogP contribution < -0.4 is 0 Å². The normalized spacial score (nSPS) is 12.2. The molecule has 0 aliphatic rings. The lowest BCUT2D eigenvalue weighted by Crippen LogP contribution is -2.18. The van der Waals surface area contributed by atoms with Crippen LogP contribution in [-0.4, -0.2) is 10.6 Å². The maximum atomic E-state index is 5.69. The molecule has 0 aliphatic carbocycles. The van der Waals surface area contributed by atoms with Gasteiger partial charge in [0.25, 0.3) is 0 Å². The van der Waals surface area contributed by atoms with Gasteiger partial charge < -0.3 is 4.74 Å². The first kappa shape index (κ1) is 10.6. The van der Waals surface area contributed by atoms with Crippen LogP contribution in [0.25, 0.3) is 10.2 Å². The highest BCUT2D eigenvalue weighted by atomic mass is 32.1. The Kier molecular flexibility index (Phi) is 2.76. The summed E-state index contributed by atoms with van der Waals surface area (Å²) in [6.45, 7) is 6.77. The summed E-state index contributed by atoms with van der Waals surface area (Å²) in [5.41, 5.74) is 0.965. The zero-order valence-electron chi connectivity index (χ0n) is 9.28. The maximum Gasteiger partial charge on any atom is 0.120 e. The molecule has 2 rings (SSSR count). The predicted molar refractivity (Wildman–Crippen MR) is 64.2 cm³/mol. The SMILES string of the molecule is CC(C)(C)OCc1nc2ccccc2s1. The molecule has 0 amide bonds. The summed E-state index contributed by atoms with van der Waals surface area (Å²) in [5.74, 6) is 0. The van der Waals surface area contributed by atoms with Crippen LogP contribution in [-0.2, 0) is 11.3 Å². The van der Waals surface area contributed by atoms with Gasteiger partial charge in [0, 0.05) is 0 Å². The van der Waals surface area contributed by atoms with E-state index >= 15 is 0 Å². The van der Waals surface area contributed by atoms with Gasteiger partial charge in [0.15, 0.2) is 0 Å². The van der Waals surface area contributed by atoms with Gasteiger partial charge in [-0.1, -0.05) is 12.1 Å². The highest BCUT2D eigenvalue weighted by Crippen LogP contribution is 2.23. The smallest absolute Gasteiger partial charge is 0.120 e. The Morgan fingerprint density at radius 3 is 2.67 bits per heavy atom. The fraction of sp³-hybridized carbons (Fsp3) is 0.417. The largest absolute Gasteiger partial charge is 0.369 e. The molecule has 0 fully saturated rings. The Labute approximate surface area is 93.9 Å². The number of benzene rings is 1. The third kappa shape index (κ3) is 2.76. The third-order valence-corrected chi connectivity index (χ3v) is 2.98. The van der Waals surface area contributed by atoms with E-state index in [1.165, 1.54) is 4.70 Å². The van der Waals surface area contributed by atoms with E-state index in [-0.39, 0.29) is 5.60 Å². The van der Waals surface area contributed by atoms with Crippen molar-refractivity contribution in [2.45, 2.75) is 33.0 Å². The van der Waals surface area contributed by atoms with Crippen molar-refractivity contribution >= 4 is 21.6 Å². The summed E-state index contributed by atoms with van der Waals surface area (Å²) in [5, 5.41) is 1.05. The molecule has 0 unspecified atom stereocenters. The maximum absolute atomic E-state index is 5.69. The molecular weight excluding hydrogens is 206 g/mol. The highest BCUT2D eigenvalue weighted by Gasteiger charge is 2.11. The van der Waals surface area contributed by atoms with E-state index in [1.807, 2.05) is 18.2 Å². The van der Waals surface area contributed by atoms with Gasteiger partial charge >= 0.3 is 0 Å². The quantitative estimate of drug-likeness (QED) is 0.772. The second-order valence-corrected chi connectivity index (χ2v) is 5.59. The molecular formula is C12H15NOS. The zero-order valence-corrected chi connectivity index (χ0v) is 10.1. The number of para-hydroxylation sites is 1. The number of fused-ring (bicyclic) bond motifs is 1. The van der Waals surface area contributed by atoms with E-state index in [2.05, 4.69) is 31.8 Å². The Bertz CT molecular complexity index is 423. The van der Waals surface area contributed by atoms with Crippen molar-refractivity contribution < 1.29 is 4.74 Å². The molecule has 2 aromatic rings. The van der Waals surface area contributed by atoms with E-state index in [4.69, 9.17) is 4.74 Å². The highest BCUT2D eigenvalue weighted by molar-refractivity contribution is 7.18. The van der Waals surface area contributed by atoms with Crippen molar-refractivity contribution in [3.05, 3.63) is 29.3 Å². The molecule has 0 aliphatic heterocycles. The minimum atomic E-state index is -0.0994. The van der Waals surface area contributed by atoms with E-state index in [1.54, 1.807) is 11.3 Å². The average molecular weight is 221 g/mol. The lowest BCUT2D eigenvalue weighted by Gasteiger charge is -2.18. The summed E-state index contributed by atoms with van der Waals surface area (Å²) in [6, 6.07) is 8.17. The summed E-state index contributed by atoms with van der Waals surface area (Å²) < 4.78 is 6.92. The summed E-state index contributed by atoms with van der Waals surface area (Å²) in [6.07, 6.45) is 0. The molecule has 0 bridgehead atoms. The van der Waals surface area contributed by atoms with Gasteiger partial charge in [0.1, 0.15) is 5.01 Å². The number of nitrogens with zero attached hydrogens (tertiary/aromatic N) is 1. The Morgan fingerprint density at radius 1 is 1.27 bits per heavy atom. The molecule has 0 N–H and O–H groups in total. The van der Waals surface area contributed by atoms with Crippen molar-refractivity contribution in [3.63, 3.8) is 0 Å². The van der Waals surface area contributed by atoms with Gasteiger partial charge in [-0.05, 0) is 32.9 Å². The molecule has 1 heterocycles. The van der Waals surface area contributed by atoms with Gasteiger partial charge in [-0.2, -0.15) is 0 Å². The number of thiazole rings is 1. The molecule has 3 heteroatoms. The average Bonchev–Trinajstić information content (AvgIpc) is 2.56. The molecule has 80 valence electrons. The first-order valence-electron chi connectivity index (χ1n) is 5.03. The van der Waals surface area contributed by atoms with Crippen molar-refractivity contribution in [2.75, 3.05) is 0 Å². The fourth-order valence-electron chi connectivity index (χ4n) is 1.26. The standard InChI is InChI=1S/C12H15NOS/c1-12(2,3)14-8-11-13-9-6-4-5-7-10(9)15-11/h4-7H,8H2,1-3H3. The van der Waals surface area contributed by atoms with Gasteiger partial charge in [0.05, 0.1) is 22.4 Å². The summed E-state index contributed by atoms with van der Waals surface area (Å²) in [7, 11) is 0. The van der Waals surface area contributed by atoms with Crippen molar-refractivity contribution in [1.82, 2.24) is 4.98 Å². The van der Waals surface area contributed by atoms with Crippen LogP contribution in [0.15, 0.2) is 24.3 Å². The zero-order chi connectivity index (χ0) is 10.9. The second-order valence-electron chi connectivity index (χ2n) is 4.48. The van der Waals surface area contributed by atoms with Crippen LogP contribution >= 0.6 is 11.3 Å². The van der Waals surface area contributed by atoms with Crippen molar-refractivity contribution in [1.29, 1.82) is 0 Å². The molecule has 0 saturated carbocycles. The van der Waals surface area contributed by atoms with Gasteiger partial charge in [0.2, 0.25) is 0 Å². The van der Waals surface area contributed by atoms with E-state index in [9.17, 15) is 0 Å². The predicted octanol–water partition coefficient (Wildman–Crippen LogP) is 3.61. The van der Waals surface area contributed by atoms with Gasteiger partial charge in [-0.25, -0.2) is 4.98 Å². The van der Waals surface area contributed by atoms with Gasteiger partial charge in [-0.15, -0.1) is 11.3 Å². The van der Waals surface area contributed by atoms with Crippen molar-refractivity contribution in [2.24, 2.45) is 0 Å². The molecule has 15 heavy (non-hydrogen) atoms. The van der Waals surface area contributed by atoms with Crippen LogP contribution in [0.4, 0.5) is 0 Å². The molecule has 1 aromatic heterocycles. The molecule has 1 aromatic carbocycles.